The van der Waals surface area contributed by atoms with E-state index in [9.17, 15) is 0 Å². The van der Waals surface area contributed by atoms with E-state index in [4.69, 9.17) is 9.97 Å². The Kier molecular flexibility index (Phi) is 13.2. The van der Waals surface area contributed by atoms with E-state index in [0.717, 1.165) is 78.2 Å². The third kappa shape index (κ3) is 9.12. The number of hydrogen-bond donors (Lipinski definition) is 0. The predicted molar refractivity (Wildman–Crippen MR) is 450 cm³/mol. The molecule has 19 aromatic rings. The topological polar surface area (TPSA) is 40.6 Å². The van der Waals surface area contributed by atoms with Crippen LogP contribution < -0.4 is 0 Å². The highest BCUT2D eigenvalue weighted by molar-refractivity contribution is 6.13. The summed E-state index contributed by atoms with van der Waals surface area (Å²) in [6.45, 7) is 14.2. The van der Waals surface area contributed by atoms with E-state index < -0.39 is 0 Å². The predicted octanol–water partition coefficient (Wildman–Crippen LogP) is 26.7. The number of aromatic nitrogens is 5. The van der Waals surface area contributed by atoms with Crippen LogP contribution in [0.3, 0.4) is 0 Å². The van der Waals surface area contributed by atoms with Gasteiger partial charge < -0.3 is 13.7 Å². The van der Waals surface area contributed by atoms with E-state index in [1.807, 2.05) is 0 Å². The molecular formula is C103H73N5. The highest BCUT2D eigenvalue weighted by Gasteiger charge is 2.38. The molecule has 0 aliphatic heterocycles. The number of fused-ring (bicyclic) bond motifs is 18. The molecule has 0 atom stereocenters. The third-order valence-corrected chi connectivity index (χ3v) is 24.7. The molecule has 3 aliphatic rings. The lowest BCUT2D eigenvalue weighted by molar-refractivity contribution is 0.660. The lowest BCUT2D eigenvalue weighted by atomic mass is 9.81. The van der Waals surface area contributed by atoms with Gasteiger partial charge in [0, 0.05) is 82.3 Å². The standard InChI is InChI=1S/C103H73N5/c1-101(2)86-28-13-7-22-74(86)77-48-38-64(55-89(77)101)67-41-51-83-80-25-10-16-31-94(80)106(97(83)58-67)71-44-34-62(35-45-71)92-61-93(63-36-46-72(47-37-63)107-95-32-17-11-26-81(95)84-52-42-68(59-98(84)107)65-39-49-78-75-23-8-14-29-87(75)102(3,4)90(78)56-65)105-100(104-92)70-20-19-21-73(54-70)108-96-33-18-12-27-82(96)85-53-43-69(60-99(85)108)66-40-50-79-76-24-9-15-30-88(76)103(5,6)91(79)57-66/h7-61H,1-6H3. The first-order chi connectivity index (χ1) is 52.8. The van der Waals surface area contributed by atoms with Crippen LogP contribution in [0.5, 0.6) is 0 Å². The fraction of sp³-hybridized carbons (Fsp3) is 0.0874. The van der Waals surface area contributed by atoms with E-state index in [1.165, 1.54) is 132 Å². The van der Waals surface area contributed by atoms with Crippen LogP contribution in [0.25, 0.3) is 183 Å². The van der Waals surface area contributed by atoms with Crippen molar-refractivity contribution in [3.8, 4) is 118 Å². The molecule has 0 bridgehead atoms. The molecule has 0 N–H and O–H groups in total. The van der Waals surface area contributed by atoms with Crippen molar-refractivity contribution < 1.29 is 0 Å². The number of rotatable bonds is 9. The Morgan fingerprint density at radius 1 is 0.194 bits per heavy atom. The van der Waals surface area contributed by atoms with Gasteiger partial charge in [0.25, 0.3) is 0 Å². The highest BCUT2D eigenvalue weighted by atomic mass is 15.0. The maximum Gasteiger partial charge on any atom is 0.160 e. The molecular weight excluding hydrogens is 1310 g/mol. The summed E-state index contributed by atoms with van der Waals surface area (Å²) in [7, 11) is 0. The molecule has 0 spiro atoms. The molecule has 0 saturated carbocycles. The number of nitrogens with zero attached hydrogens (tertiary/aromatic N) is 5. The number of para-hydroxylation sites is 3. The second kappa shape index (κ2) is 22.9. The van der Waals surface area contributed by atoms with Gasteiger partial charge in [-0.1, -0.05) is 278 Å². The van der Waals surface area contributed by atoms with Crippen LogP contribution in [-0.4, -0.2) is 23.7 Å². The minimum Gasteiger partial charge on any atom is -0.309 e. The molecule has 3 aliphatic carbocycles. The van der Waals surface area contributed by atoms with Gasteiger partial charge in [0.1, 0.15) is 0 Å². The van der Waals surface area contributed by atoms with Gasteiger partial charge in [0.15, 0.2) is 5.82 Å². The zero-order chi connectivity index (χ0) is 72.1. The van der Waals surface area contributed by atoms with Crippen LogP contribution in [-0.2, 0) is 16.2 Å². The lowest BCUT2D eigenvalue weighted by Crippen LogP contribution is -2.14. The number of hydrogen-bond acceptors (Lipinski definition) is 2. The van der Waals surface area contributed by atoms with E-state index in [0.29, 0.717) is 5.82 Å². The van der Waals surface area contributed by atoms with Gasteiger partial charge in [0.2, 0.25) is 0 Å². The van der Waals surface area contributed by atoms with E-state index in [-0.39, 0.29) is 16.2 Å². The van der Waals surface area contributed by atoms with E-state index in [2.05, 4.69) is 389 Å². The van der Waals surface area contributed by atoms with Gasteiger partial charge in [-0.15, -0.1) is 0 Å². The first-order valence-corrected chi connectivity index (χ1v) is 37.8. The molecule has 5 heteroatoms. The van der Waals surface area contributed by atoms with Crippen LogP contribution in [0.4, 0.5) is 0 Å². The third-order valence-electron chi connectivity index (χ3n) is 24.7. The zero-order valence-corrected chi connectivity index (χ0v) is 61.0. The van der Waals surface area contributed by atoms with Gasteiger partial charge in [-0.25, -0.2) is 9.97 Å². The lowest BCUT2D eigenvalue weighted by Gasteiger charge is -2.22. The summed E-state index contributed by atoms with van der Waals surface area (Å²) < 4.78 is 7.30. The monoisotopic (exact) mass is 1380 g/mol. The molecule has 0 radical (unpaired) electrons. The van der Waals surface area contributed by atoms with Crippen molar-refractivity contribution in [3.63, 3.8) is 0 Å². The first kappa shape index (κ1) is 62.2. The maximum atomic E-state index is 5.61. The molecule has 5 nitrogen and oxygen atoms in total. The summed E-state index contributed by atoms with van der Waals surface area (Å²) in [6, 6.07) is 124. The smallest absolute Gasteiger partial charge is 0.160 e. The van der Waals surface area contributed by atoms with Crippen molar-refractivity contribution >= 4 is 65.4 Å². The molecule has 0 amide bonds. The summed E-state index contributed by atoms with van der Waals surface area (Å²) in [5, 5.41) is 7.28. The Hall–Kier alpha value is -13.2. The van der Waals surface area contributed by atoms with E-state index >= 15 is 0 Å². The Balaban J connectivity index is 0.669. The van der Waals surface area contributed by atoms with Gasteiger partial charge >= 0.3 is 0 Å². The Labute approximate surface area is 627 Å². The van der Waals surface area contributed by atoms with Crippen molar-refractivity contribution in [2.24, 2.45) is 0 Å². The largest absolute Gasteiger partial charge is 0.309 e. The summed E-state index contributed by atoms with van der Waals surface area (Å²) >= 11 is 0. The molecule has 510 valence electrons. The van der Waals surface area contributed by atoms with E-state index in [1.54, 1.807) is 0 Å². The normalized spacial score (nSPS) is 14.1. The van der Waals surface area contributed by atoms with Crippen LogP contribution in [0.2, 0.25) is 0 Å². The molecule has 4 aromatic heterocycles. The molecule has 22 rings (SSSR count). The summed E-state index contributed by atoms with van der Waals surface area (Å²) in [5.74, 6) is 0.642. The Morgan fingerprint density at radius 3 is 0.870 bits per heavy atom. The second-order valence-corrected chi connectivity index (χ2v) is 31.7. The average molecular weight is 1380 g/mol. The quantitative estimate of drug-likeness (QED) is 0.144. The average Bonchev–Trinajstić information content (AvgIpc) is 1.59. The molecule has 4 heterocycles. The molecule has 0 saturated heterocycles. The number of benzene rings is 15. The Bertz CT molecular complexity index is 6780. The summed E-state index contributed by atoms with van der Waals surface area (Å²) in [4.78, 5) is 11.2. The fourth-order valence-electron chi connectivity index (χ4n) is 19.2. The summed E-state index contributed by atoms with van der Waals surface area (Å²) in [5.41, 5.74) is 37.8. The first-order valence-electron chi connectivity index (χ1n) is 37.8. The molecule has 15 aromatic carbocycles. The SMILES string of the molecule is CC1(C)c2ccccc2-c2ccc(-c3ccc4c5ccccc5n(-c5ccc(-c6cc(-c7ccc(-n8c9ccccc9c9ccc(-c%10ccc%11c(c%10)C(C)(C)c%10ccccc%10-%11)cc98)cc7)nc(-c7cccc(-n8c9ccccc9c9ccc(-c%10ccc%11c(c%10)C(C)(C)c%10ccccc%10-%11)cc98)c7)n6)cc5)c4c3)cc21. The van der Waals surface area contributed by atoms with Gasteiger partial charge in [-0.2, -0.15) is 0 Å². The minimum atomic E-state index is -0.113. The highest BCUT2D eigenvalue weighted by Crippen LogP contribution is 2.54. The van der Waals surface area contributed by atoms with Crippen LogP contribution >= 0.6 is 0 Å². The van der Waals surface area contributed by atoms with Gasteiger partial charge in [-0.3, -0.25) is 0 Å². The van der Waals surface area contributed by atoms with Crippen molar-refractivity contribution in [2.45, 2.75) is 57.8 Å². The van der Waals surface area contributed by atoms with Gasteiger partial charge in [0.05, 0.1) is 44.5 Å². The van der Waals surface area contributed by atoms with Crippen LogP contribution in [0.1, 0.15) is 74.9 Å². The van der Waals surface area contributed by atoms with Crippen molar-refractivity contribution in [3.05, 3.63) is 367 Å². The zero-order valence-electron chi connectivity index (χ0n) is 61.0. The Morgan fingerprint density at radius 2 is 0.491 bits per heavy atom. The van der Waals surface area contributed by atoms with Crippen molar-refractivity contribution in [1.82, 2.24) is 23.7 Å². The molecule has 0 unspecified atom stereocenters. The van der Waals surface area contributed by atoms with Crippen molar-refractivity contribution in [1.29, 1.82) is 0 Å². The molecule has 108 heavy (non-hydrogen) atoms. The van der Waals surface area contributed by atoms with Crippen LogP contribution in [0.15, 0.2) is 334 Å². The molecule has 0 fully saturated rings. The van der Waals surface area contributed by atoms with Gasteiger partial charge in [-0.05, 0) is 197 Å². The fourth-order valence-corrected chi connectivity index (χ4v) is 19.2. The van der Waals surface area contributed by atoms with Crippen molar-refractivity contribution in [2.75, 3.05) is 0 Å². The summed E-state index contributed by atoms with van der Waals surface area (Å²) in [6.07, 6.45) is 0. The minimum absolute atomic E-state index is 0.102. The van der Waals surface area contributed by atoms with Crippen LogP contribution in [0, 0.1) is 0 Å². The maximum absolute atomic E-state index is 5.61. The second-order valence-electron chi connectivity index (χ2n) is 31.7.